The highest BCUT2D eigenvalue weighted by Crippen LogP contribution is 2.32. The summed E-state index contributed by atoms with van der Waals surface area (Å²) in [6.45, 7) is 2.13. The van der Waals surface area contributed by atoms with E-state index >= 15 is 0 Å². The maximum Gasteiger partial charge on any atom is 0.195 e. The Labute approximate surface area is 158 Å². The molecule has 0 saturated heterocycles. The summed E-state index contributed by atoms with van der Waals surface area (Å²) in [5.74, 6) is 2.29. The van der Waals surface area contributed by atoms with Gasteiger partial charge in [-0.3, -0.25) is 4.99 Å². The average molecular weight is 375 g/mol. The third-order valence-corrected chi connectivity index (χ3v) is 5.17. The first-order valence-corrected chi connectivity index (χ1v) is 9.62. The number of thiophene rings is 1. The van der Waals surface area contributed by atoms with Crippen molar-refractivity contribution in [1.82, 2.24) is 10.2 Å². The van der Waals surface area contributed by atoms with Gasteiger partial charge < -0.3 is 25.0 Å². The zero-order valence-electron chi connectivity index (χ0n) is 15.5. The highest BCUT2D eigenvalue weighted by Gasteiger charge is 2.16. The van der Waals surface area contributed by atoms with Crippen molar-refractivity contribution in [1.29, 1.82) is 0 Å². The van der Waals surface area contributed by atoms with Crippen LogP contribution in [-0.2, 0) is 0 Å². The Morgan fingerprint density at radius 3 is 2.73 bits per heavy atom. The van der Waals surface area contributed by atoms with Crippen LogP contribution in [-0.4, -0.2) is 51.8 Å². The molecule has 140 valence electrons. The largest absolute Gasteiger partial charge is 0.490 e. The van der Waals surface area contributed by atoms with E-state index < -0.39 is 0 Å². The van der Waals surface area contributed by atoms with Crippen LogP contribution in [0.5, 0.6) is 11.5 Å². The fourth-order valence-electron chi connectivity index (χ4n) is 2.77. The Morgan fingerprint density at radius 1 is 1.23 bits per heavy atom. The lowest BCUT2D eigenvalue weighted by molar-refractivity contribution is 0.297. The number of ether oxygens (including phenoxy) is 2. The zero-order chi connectivity index (χ0) is 18.4. The molecule has 0 fully saturated rings. The molecule has 1 atom stereocenters. The van der Waals surface area contributed by atoms with E-state index in [-0.39, 0.29) is 6.04 Å². The molecular weight excluding hydrogens is 348 g/mol. The van der Waals surface area contributed by atoms with E-state index in [1.165, 1.54) is 4.88 Å². The van der Waals surface area contributed by atoms with Crippen molar-refractivity contribution in [2.24, 2.45) is 4.99 Å². The second kappa shape index (κ2) is 8.91. The standard InChI is InChI=1S/C19H26N4O2S/c1-20-19(21-13-15(23(2)3)18-6-4-11-26-18)22-14-7-8-16-17(12-14)25-10-5-9-24-16/h4,6-8,11-12,15H,5,9-10,13H2,1-3H3,(H2,20,21,22). The topological polar surface area (TPSA) is 58.1 Å². The number of nitrogens with zero attached hydrogens (tertiary/aromatic N) is 2. The lowest BCUT2D eigenvalue weighted by Crippen LogP contribution is -2.37. The van der Waals surface area contributed by atoms with Crippen LogP contribution in [0, 0.1) is 0 Å². The molecule has 1 aromatic carbocycles. The number of fused-ring (bicyclic) bond motifs is 1. The smallest absolute Gasteiger partial charge is 0.195 e. The highest BCUT2D eigenvalue weighted by molar-refractivity contribution is 7.10. The Hall–Kier alpha value is -2.25. The van der Waals surface area contributed by atoms with Gasteiger partial charge in [-0.2, -0.15) is 0 Å². The van der Waals surface area contributed by atoms with E-state index in [1.54, 1.807) is 18.4 Å². The van der Waals surface area contributed by atoms with Gasteiger partial charge in [0.25, 0.3) is 0 Å². The van der Waals surface area contributed by atoms with Crippen molar-refractivity contribution in [2.75, 3.05) is 46.2 Å². The molecule has 3 rings (SSSR count). The van der Waals surface area contributed by atoms with Gasteiger partial charge in [0, 0.05) is 36.6 Å². The summed E-state index contributed by atoms with van der Waals surface area (Å²) in [6.07, 6.45) is 0.898. The van der Waals surface area contributed by atoms with Crippen LogP contribution in [0.25, 0.3) is 0 Å². The summed E-state index contributed by atoms with van der Waals surface area (Å²) in [5, 5.41) is 8.85. The van der Waals surface area contributed by atoms with E-state index in [4.69, 9.17) is 9.47 Å². The lowest BCUT2D eigenvalue weighted by Gasteiger charge is -2.24. The number of aliphatic imine (C=N–C) groups is 1. The normalized spacial score (nSPS) is 15.5. The molecule has 0 radical (unpaired) electrons. The quantitative estimate of drug-likeness (QED) is 0.622. The van der Waals surface area contributed by atoms with Gasteiger partial charge in [0.1, 0.15) is 0 Å². The number of anilines is 1. The predicted octanol–water partition coefficient (Wildman–Crippen LogP) is 3.20. The summed E-state index contributed by atoms with van der Waals surface area (Å²) in [5.41, 5.74) is 0.917. The van der Waals surface area contributed by atoms with Crippen LogP contribution < -0.4 is 20.1 Å². The van der Waals surface area contributed by atoms with E-state index in [0.29, 0.717) is 13.2 Å². The Bertz CT molecular complexity index is 731. The fraction of sp³-hybridized carbons (Fsp3) is 0.421. The molecule has 0 saturated carbocycles. The Morgan fingerprint density at radius 2 is 2.04 bits per heavy atom. The van der Waals surface area contributed by atoms with E-state index in [1.807, 2.05) is 18.2 Å². The SMILES string of the molecule is CN=C(NCC(c1cccs1)N(C)C)Nc1ccc2c(c1)OCCCO2. The summed E-state index contributed by atoms with van der Waals surface area (Å²) in [4.78, 5) is 7.87. The van der Waals surface area contributed by atoms with Crippen molar-refractivity contribution in [3.63, 3.8) is 0 Å². The Balaban J connectivity index is 1.64. The molecule has 1 aliphatic heterocycles. The maximum absolute atomic E-state index is 5.75. The van der Waals surface area contributed by atoms with Gasteiger partial charge in [-0.1, -0.05) is 6.07 Å². The maximum atomic E-state index is 5.75. The minimum atomic E-state index is 0.289. The van der Waals surface area contributed by atoms with Crippen LogP contribution in [0.4, 0.5) is 5.69 Å². The minimum Gasteiger partial charge on any atom is -0.490 e. The predicted molar refractivity (Wildman–Crippen MR) is 108 cm³/mol. The lowest BCUT2D eigenvalue weighted by atomic mass is 10.2. The fourth-order valence-corrected chi connectivity index (χ4v) is 3.69. The summed E-state index contributed by atoms with van der Waals surface area (Å²) < 4.78 is 11.4. The van der Waals surface area contributed by atoms with Crippen LogP contribution in [0.15, 0.2) is 40.7 Å². The van der Waals surface area contributed by atoms with Gasteiger partial charge >= 0.3 is 0 Å². The van der Waals surface area contributed by atoms with Crippen molar-refractivity contribution in [3.8, 4) is 11.5 Å². The van der Waals surface area contributed by atoms with Crippen molar-refractivity contribution < 1.29 is 9.47 Å². The van der Waals surface area contributed by atoms with E-state index in [9.17, 15) is 0 Å². The highest BCUT2D eigenvalue weighted by atomic mass is 32.1. The summed E-state index contributed by atoms with van der Waals surface area (Å²) in [6, 6.07) is 10.4. The van der Waals surface area contributed by atoms with Crippen LogP contribution >= 0.6 is 11.3 Å². The van der Waals surface area contributed by atoms with Crippen molar-refractivity contribution in [2.45, 2.75) is 12.5 Å². The summed E-state index contributed by atoms with van der Waals surface area (Å²) >= 11 is 1.77. The second-order valence-electron chi connectivity index (χ2n) is 6.28. The zero-order valence-corrected chi connectivity index (χ0v) is 16.3. The molecule has 2 aromatic rings. The number of nitrogens with one attached hydrogen (secondary N) is 2. The number of rotatable bonds is 5. The number of benzene rings is 1. The number of guanidine groups is 1. The number of hydrogen-bond acceptors (Lipinski definition) is 5. The van der Waals surface area contributed by atoms with Gasteiger partial charge in [-0.25, -0.2) is 0 Å². The van der Waals surface area contributed by atoms with Gasteiger partial charge in [0.05, 0.1) is 19.3 Å². The molecule has 1 aromatic heterocycles. The molecule has 2 heterocycles. The van der Waals surface area contributed by atoms with Gasteiger partial charge in [-0.05, 0) is 37.7 Å². The van der Waals surface area contributed by atoms with Crippen molar-refractivity contribution >= 4 is 23.0 Å². The average Bonchev–Trinajstić information content (AvgIpc) is 3.05. The Kier molecular flexibility index (Phi) is 6.35. The molecule has 7 heteroatoms. The van der Waals surface area contributed by atoms with Gasteiger partial charge in [0.15, 0.2) is 17.5 Å². The molecule has 0 aliphatic carbocycles. The van der Waals surface area contributed by atoms with Gasteiger partial charge in [0.2, 0.25) is 0 Å². The first-order valence-electron chi connectivity index (χ1n) is 8.74. The van der Waals surface area contributed by atoms with Crippen molar-refractivity contribution in [3.05, 3.63) is 40.6 Å². The molecule has 2 N–H and O–H groups in total. The third-order valence-electron chi connectivity index (χ3n) is 4.19. The van der Waals surface area contributed by atoms with Crippen LogP contribution in [0.2, 0.25) is 0 Å². The molecular formula is C19H26N4O2S. The first kappa shape index (κ1) is 18.5. The van der Waals surface area contributed by atoms with E-state index in [0.717, 1.165) is 36.1 Å². The third kappa shape index (κ3) is 4.68. The molecule has 1 unspecified atom stereocenters. The van der Waals surface area contributed by atoms with Crippen LogP contribution in [0.3, 0.4) is 0 Å². The summed E-state index contributed by atoms with van der Waals surface area (Å²) in [7, 11) is 5.95. The van der Waals surface area contributed by atoms with E-state index in [2.05, 4.69) is 52.1 Å². The second-order valence-corrected chi connectivity index (χ2v) is 7.26. The first-order chi connectivity index (χ1) is 12.7. The molecule has 1 aliphatic rings. The minimum absolute atomic E-state index is 0.289. The van der Waals surface area contributed by atoms with Gasteiger partial charge in [-0.15, -0.1) is 11.3 Å². The molecule has 6 nitrogen and oxygen atoms in total. The molecule has 0 amide bonds. The molecule has 0 spiro atoms. The number of likely N-dealkylation sites (N-methyl/N-ethyl adjacent to an activating group) is 1. The number of hydrogen-bond donors (Lipinski definition) is 2. The van der Waals surface area contributed by atoms with Crippen LogP contribution in [0.1, 0.15) is 17.3 Å². The molecule has 26 heavy (non-hydrogen) atoms. The monoisotopic (exact) mass is 374 g/mol. The molecule has 0 bridgehead atoms.